The van der Waals surface area contributed by atoms with E-state index in [-0.39, 0.29) is 18.4 Å². The fraction of sp³-hybridized carbons (Fsp3) is 0.611. The molecule has 1 unspecified atom stereocenters. The Balaban J connectivity index is 1.20. The average molecular weight is 645 g/mol. The fourth-order valence-corrected chi connectivity index (χ4v) is 7.50. The zero-order chi connectivity index (χ0) is 32.9. The summed E-state index contributed by atoms with van der Waals surface area (Å²) in [6, 6.07) is 9.26. The molecule has 0 spiro atoms. The van der Waals surface area contributed by atoms with Gasteiger partial charge in [0.1, 0.15) is 18.6 Å². The fourth-order valence-electron chi connectivity index (χ4n) is 7.50. The number of benzene rings is 1. The first-order chi connectivity index (χ1) is 22.8. The number of halogens is 1. The van der Waals surface area contributed by atoms with Crippen LogP contribution in [0.25, 0.3) is 0 Å². The molecule has 4 aliphatic heterocycles. The molecular weight excluding hydrogens is 595 g/mol. The molecule has 1 aromatic heterocycles. The number of hydrogen-bond acceptors (Lipinski definition) is 9. The Kier molecular flexibility index (Phi) is 10.6. The third kappa shape index (κ3) is 7.71. The number of fused-ring (bicyclic) bond motifs is 1. The zero-order valence-corrected chi connectivity index (χ0v) is 28.2. The monoisotopic (exact) mass is 644 g/mol. The molecule has 47 heavy (non-hydrogen) atoms. The minimum atomic E-state index is -0.739. The van der Waals surface area contributed by atoms with Crippen LogP contribution in [0, 0.1) is 25.2 Å². The Morgan fingerprint density at radius 2 is 1.96 bits per heavy atom. The number of carbonyl (C=O) groups is 1. The summed E-state index contributed by atoms with van der Waals surface area (Å²) >= 11 is 0. The van der Waals surface area contributed by atoms with Crippen molar-refractivity contribution < 1.29 is 13.9 Å². The topological polar surface area (TPSA) is 92.1 Å². The lowest BCUT2D eigenvalue weighted by atomic mass is 10.0. The second-order valence-electron chi connectivity index (χ2n) is 13.6. The number of aryl methyl sites for hydroxylation is 1. The van der Waals surface area contributed by atoms with Crippen LogP contribution in [-0.4, -0.2) is 115 Å². The van der Waals surface area contributed by atoms with Gasteiger partial charge in [-0.1, -0.05) is 18.2 Å². The number of piperazine rings is 1. The smallest absolute Gasteiger partial charge is 0.318 e. The maximum Gasteiger partial charge on any atom is 0.318 e. The van der Waals surface area contributed by atoms with E-state index in [2.05, 4.69) is 64.8 Å². The van der Waals surface area contributed by atoms with E-state index in [4.69, 9.17) is 14.7 Å². The number of anilines is 2. The van der Waals surface area contributed by atoms with Crippen LogP contribution in [0.4, 0.5) is 15.9 Å². The van der Waals surface area contributed by atoms with Crippen molar-refractivity contribution in [2.24, 2.45) is 0 Å². The maximum absolute atomic E-state index is 13.5. The van der Waals surface area contributed by atoms with Crippen molar-refractivity contribution in [2.75, 3.05) is 75.8 Å². The SMILES string of the molecule is Cc1cccc(N2CCc3c(nc(OC[C@@H]4CCCN4C)nc3N3CCN(C(=O)/C=C/CCN4CCC(F)C4)[C@@H](CC#N)C3)C2)c1C. The van der Waals surface area contributed by atoms with E-state index in [0.717, 1.165) is 56.1 Å². The van der Waals surface area contributed by atoms with E-state index < -0.39 is 6.17 Å². The number of rotatable bonds is 10. The average Bonchev–Trinajstić information content (AvgIpc) is 3.69. The highest BCUT2D eigenvalue weighted by atomic mass is 19.1. The van der Waals surface area contributed by atoms with Crippen LogP contribution in [0.3, 0.4) is 0 Å². The Morgan fingerprint density at radius 3 is 2.72 bits per heavy atom. The van der Waals surface area contributed by atoms with Crippen LogP contribution in [-0.2, 0) is 17.8 Å². The number of ether oxygens (including phenoxy) is 1. The van der Waals surface area contributed by atoms with Crippen molar-refractivity contribution in [3.8, 4) is 12.1 Å². The molecule has 0 radical (unpaired) electrons. The predicted octanol–water partition coefficient (Wildman–Crippen LogP) is 4.05. The van der Waals surface area contributed by atoms with Crippen molar-refractivity contribution in [1.29, 1.82) is 5.26 Å². The molecule has 0 N–H and O–H groups in total. The Morgan fingerprint density at radius 1 is 1.09 bits per heavy atom. The molecule has 3 saturated heterocycles. The molecule has 10 nitrogen and oxygen atoms in total. The van der Waals surface area contributed by atoms with E-state index >= 15 is 0 Å². The summed E-state index contributed by atoms with van der Waals surface area (Å²) in [5.74, 6) is 0.793. The lowest BCUT2D eigenvalue weighted by molar-refractivity contribution is -0.128. The summed E-state index contributed by atoms with van der Waals surface area (Å²) < 4.78 is 19.8. The second kappa shape index (κ2) is 15.0. The number of amides is 1. The number of likely N-dealkylation sites (tertiary alicyclic amines) is 2. The summed E-state index contributed by atoms with van der Waals surface area (Å²) in [7, 11) is 2.14. The van der Waals surface area contributed by atoms with E-state index in [9.17, 15) is 14.4 Å². The third-order valence-electron chi connectivity index (χ3n) is 10.5. The van der Waals surface area contributed by atoms with Gasteiger partial charge in [-0.2, -0.15) is 15.2 Å². The number of alkyl halides is 1. The molecule has 11 heteroatoms. The lowest BCUT2D eigenvalue weighted by Gasteiger charge is -2.42. The van der Waals surface area contributed by atoms with Gasteiger partial charge in [-0.25, -0.2) is 4.39 Å². The van der Waals surface area contributed by atoms with Crippen LogP contribution < -0.4 is 14.5 Å². The quantitative estimate of drug-likeness (QED) is 0.356. The molecule has 0 bridgehead atoms. The van der Waals surface area contributed by atoms with Crippen LogP contribution in [0.5, 0.6) is 6.01 Å². The number of carbonyl (C=O) groups excluding carboxylic acids is 1. The van der Waals surface area contributed by atoms with Gasteiger partial charge in [0.15, 0.2) is 0 Å². The van der Waals surface area contributed by atoms with E-state index in [1.165, 1.54) is 23.2 Å². The molecule has 0 aliphatic carbocycles. The number of aromatic nitrogens is 2. The van der Waals surface area contributed by atoms with E-state index in [1.807, 2.05) is 11.0 Å². The number of likely N-dealkylation sites (N-methyl/N-ethyl adjacent to an activating group) is 1. The van der Waals surface area contributed by atoms with Crippen molar-refractivity contribution in [1.82, 2.24) is 24.7 Å². The van der Waals surface area contributed by atoms with Gasteiger partial charge < -0.3 is 29.2 Å². The van der Waals surface area contributed by atoms with E-state index in [0.29, 0.717) is 64.2 Å². The lowest BCUT2D eigenvalue weighted by Crippen LogP contribution is -2.55. The summed E-state index contributed by atoms with van der Waals surface area (Å²) in [4.78, 5) is 34.2. The van der Waals surface area contributed by atoms with Gasteiger partial charge in [0.05, 0.1) is 30.8 Å². The predicted molar refractivity (Wildman–Crippen MR) is 182 cm³/mol. The largest absolute Gasteiger partial charge is 0.462 e. The summed E-state index contributed by atoms with van der Waals surface area (Å²) in [5.41, 5.74) is 5.89. The van der Waals surface area contributed by atoms with Gasteiger partial charge in [0.2, 0.25) is 5.91 Å². The second-order valence-corrected chi connectivity index (χ2v) is 13.6. The highest BCUT2D eigenvalue weighted by Crippen LogP contribution is 2.34. The third-order valence-corrected chi connectivity index (χ3v) is 10.5. The minimum Gasteiger partial charge on any atom is -0.462 e. The highest BCUT2D eigenvalue weighted by molar-refractivity contribution is 5.88. The van der Waals surface area contributed by atoms with Gasteiger partial charge >= 0.3 is 6.01 Å². The van der Waals surface area contributed by atoms with Crippen molar-refractivity contribution in [3.63, 3.8) is 0 Å². The molecule has 0 saturated carbocycles. The molecular formula is C36H49FN8O2. The first-order valence-corrected chi connectivity index (χ1v) is 17.3. The Bertz CT molecular complexity index is 1490. The van der Waals surface area contributed by atoms with Crippen LogP contribution in [0.2, 0.25) is 0 Å². The molecule has 6 rings (SSSR count). The van der Waals surface area contributed by atoms with Gasteiger partial charge in [-0.05, 0) is 82.8 Å². The van der Waals surface area contributed by atoms with Gasteiger partial charge in [-0.15, -0.1) is 0 Å². The molecule has 1 aromatic carbocycles. The molecule has 3 atom stereocenters. The van der Waals surface area contributed by atoms with Crippen molar-refractivity contribution >= 4 is 17.4 Å². The van der Waals surface area contributed by atoms with Gasteiger partial charge in [0, 0.05) is 63.1 Å². The maximum atomic E-state index is 13.5. The summed E-state index contributed by atoms with van der Waals surface area (Å²) in [6.45, 7) is 11.1. The van der Waals surface area contributed by atoms with Crippen LogP contribution >= 0.6 is 0 Å². The molecule has 3 fully saturated rings. The summed E-state index contributed by atoms with van der Waals surface area (Å²) in [5, 5.41) is 9.73. The first kappa shape index (κ1) is 33.2. The van der Waals surface area contributed by atoms with Crippen molar-refractivity contribution in [3.05, 3.63) is 52.7 Å². The minimum absolute atomic E-state index is 0.0757. The Hall–Kier alpha value is -3.75. The van der Waals surface area contributed by atoms with Gasteiger partial charge in [-0.3, -0.25) is 4.79 Å². The van der Waals surface area contributed by atoms with Gasteiger partial charge in [0.25, 0.3) is 0 Å². The first-order valence-electron chi connectivity index (χ1n) is 17.3. The summed E-state index contributed by atoms with van der Waals surface area (Å²) in [6.07, 6.45) is 7.38. The van der Waals surface area contributed by atoms with Crippen LogP contribution in [0.1, 0.15) is 54.5 Å². The molecule has 1 amide bonds. The normalized spacial score (nSPS) is 23.8. The number of hydrogen-bond donors (Lipinski definition) is 0. The molecule has 252 valence electrons. The standard InChI is InChI=1S/C36H49FN8O2/c1-26-8-6-10-33(27(26)2)43-19-14-31-32(24-43)39-36(47-25-30-9-7-16-41(30)3)40-35(31)44-20-21-45(29(23-44)12-15-38)34(46)11-4-5-17-42-18-13-28(37)22-42/h4,6,8,10-11,28-30H,5,7,9,12-14,16-25H2,1-3H3/b11-4+/t28?,29-,30-/m0/s1. The van der Waals surface area contributed by atoms with E-state index in [1.54, 1.807) is 6.08 Å². The number of nitriles is 1. The Labute approximate surface area is 278 Å². The number of nitrogens with zero attached hydrogens (tertiary/aromatic N) is 8. The molecule has 5 heterocycles. The van der Waals surface area contributed by atoms with Crippen LogP contribution in [0.15, 0.2) is 30.4 Å². The molecule has 2 aromatic rings. The molecule has 4 aliphatic rings. The zero-order valence-electron chi connectivity index (χ0n) is 28.2. The highest BCUT2D eigenvalue weighted by Gasteiger charge is 2.34. The van der Waals surface area contributed by atoms with Crippen molar-refractivity contribution in [2.45, 2.75) is 77.2 Å².